The van der Waals surface area contributed by atoms with E-state index < -0.39 is 25.9 Å². The van der Waals surface area contributed by atoms with Crippen LogP contribution in [0.3, 0.4) is 0 Å². The van der Waals surface area contributed by atoms with Crippen LogP contribution in [0.4, 0.5) is 0 Å². The molecule has 0 aliphatic carbocycles. The van der Waals surface area contributed by atoms with Gasteiger partial charge in [0.25, 0.3) is 0 Å². The van der Waals surface area contributed by atoms with Crippen molar-refractivity contribution < 1.29 is 16.8 Å². The second kappa shape index (κ2) is 6.91. The smallest absolute Gasteiger partial charge is 0.229 e. The van der Waals surface area contributed by atoms with Crippen molar-refractivity contribution in [3.63, 3.8) is 0 Å². The molecule has 1 saturated heterocycles. The average molecular weight is 360 g/mol. The number of hydrogen-bond donors (Lipinski definition) is 0. The van der Waals surface area contributed by atoms with Gasteiger partial charge in [0.15, 0.2) is 9.84 Å². The molecule has 1 atom stereocenters. The van der Waals surface area contributed by atoms with Crippen molar-refractivity contribution in [3.05, 3.63) is 29.3 Å². The summed E-state index contributed by atoms with van der Waals surface area (Å²) >= 11 is 0. The van der Waals surface area contributed by atoms with Crippen LogP contribution < -0.4 is 0 Å². The zero-order valence-electron chi connectivity index (χ0n) is 13.9. The van der Waals surface area contributed by atoms with Gasteiger partial charge in [0, 0.05) is 12.6 Å². The lowest BCUT2D eigenvalue weighted by Gasteiger charge is -2.28. The van der Waals surface area contributed by atoms with Gasteiger partial charge in [0.2, 0.25) is 10.0 Å². The van der Waals surface area contributed by atoms with Gasteiger partial charge in [0.05, 0.1) is 16.4 Å². The van der Waals surface area contributed by atoms with E-state index in [1.165, 1.54) is 4.31 Å². The zero-order valence-corrected chi connectivity index (χ0v) is 15.6. The van der Waals surface area contributed by atoms with E-state index in [1.807, 2.05) is 19.9 Å². The highest BCUT2D eigenvalue weighted by molar-refractivity contribution is 7.92. The third-order valence-electron chi connectivity index (χ3n) is 4.26. The number of aryl methyl sites for hydroxylation is 2. The Hall–Kier alpha value is -0.920. The van der Waals surface area contributed by atoms with Gasteiger partial charge < -0.3 is 0 Å². The Labute approximate surface area is 139 Å². The number of rotatable bonds is 6. The predicted molar refractivity (Wildman–Crippen MR) is 91.8 cm³/mol. The predicted octanol–water partition coefficient (Wildman–Crippen LogP) is 2.28. The number of benzene rings is 1. The van der Waals surface area contributed by atoms with Gasteiger partial charge in [0.1, 0.15) is 0 Å². The lowest BCUT2D eigenvalue weighted by Crippen LogP contribution is -2.41. The summed E-state index contributed by atoms with van der Waals surface area (Å²) in [7, 11) is -6.82. The monoisotopic (exact) mass is 359 g/mol. The molecular weight excluding hydrogens is 334 g/mol. The fourth-order valence-electron chi connectivity index (χ4n) is 3.03. The first kappa shape index (κ1) is 18.4. The van der Waals surface area contributed by atoms with Crippen molar-refractivity contribution in [2.75, 3.05) is 18.1 Å². The molecular formula is C16H25NO4S2. The summed E-state index contributed by atoms with van der Waals surface area (Å²) < 4.78 is 51.2. The summed E-state index contributed by atoms with van der Waals surface area (Å²) in [6.45, 7) is 6.06. The Morgan fingerprint density at radius 3 is 2.48 bits per heavy atom. The zero-order chi connectivity index (χ0) is 17.3. The fourth-order valence-corrected chi connectivity index (χ4v) is 6.76. The van der Waals surface area contributed by atoms with E-state index in [0.717, 1.165) is 18.4 Å². The second-order valence-corrected chi connectivity index (χ2v) is 10.4. The average Bonchev–Trinajstić information content (AvgIpc) is 2.78. The van der Waals surface area contributed by atoms with E-state index in [-0.39, 0.29) is 16.4 Å². The van der Waals surface area contributed by atoms with Crippen LogP contribution in [0.2, 0.25) is 0 Å². The highest BCUT2D eigenvalue weighted by Gasteiger charge is 2.38. The quantitative estimate of drug-likeness (QED) is 0.781. The van der Waals surface area contributed by atoms with E-state index >= 15 is 0 Å². The number of sulfonamides is 1. The molecule has 1 aliphatic heterocycles. The van der Waals surface area contributed by atoms with E-state index in [0.29, 0.717) is 18.5 Å². The molecule has 0 spiro atoms. The molecule has 0 aromatic heterocycles. The van der Waals surface area contributed by atoms with Crippen LogP contribution in [-0.4, -0.2) is 45.2 Å². The van der Waals surface area contributed by atoms with Crippen LogP contribution in [-0.2, 0) is 19.9 Å². The van der Waals surface area contributed by atoms with Crippen molar-refractivity contribution in [3.8, 4) is 0 Å². The molecule has 1 aromatic carbocycles. The summed E-state index contributed by atoms with van der Waals surface area (Å²) in [5, 5.41) is 0. The van der Waals surface area contributed by atoms with Crippen LogP contribution in [0.15, 0.2) is 23.1 Å². The Morgan fingerprint density at radius 2 is 1.96 bits per heavy atom. The third kappa shape index (κ3) is 4.14. The molecule has 2 rings (SSSR count). The molecule has 5 nitrogen and oxygen atoms in total. The van der Waals surface area contributed by atoms with E-state index in [4.69, 9.17) is 0 Å². The van der Waals surface area contributed by atoms with Gasteiger partial charge in [-0.2, -0.15) is 4.31 Å². The lowest BCUT2D eigenvalue weighted by atomic mass is 10.2. The first-order chi connectivity index (χ1) is 10.7. The Bertz CT molecular complexity index is 769. The first-order valence-corrected chi connectivity index (χ1v) is 11.2. The summed E-state index contributed by atoms with van der Waals surface area (Å²) in [4.78, 5) is 0.281. The minimum absolute atomic E-state index is 0.0686. The van der Waals surface area contributed by atoms with E-state index in [9.17, 15) is 16.8 Å². The highest BCUT2D eigenvalue weighted by Crippen LogP contribution is 2.27. The van der Waals surface area contributed by atoms with E-state index in [2.05, 4.69) is 0 Å². The van der Waals surface area contributed by atoms with Crippen LogP contribution in [0.5, 0.6) is 0 Å². The van der Waals surface area contributed by atoms with Gasteiger partial charge in [-0.25, -0.2) is 16.8 Å². The maximum Gasteiger partial charge on any atom is 0.243 e. The molecule has 1 fully saturated rings. The third-order valence-corrected chi connectivity index (χ3v) is 8.13. The van der Waals surface area contributed by atoms with Crippen molar-refractivity contribution in [1.29, 1.82) is 0 Å². The van der Waals surface area contributed by atoms with Gasteiger partial charge in [-0.05, 0) is 38.3 Å². The second-order valence-electron chi connectivity index (χ2n) is 6.30. The summed E-state index contributed by atoms with van der Waals surface area (Å²) in [6.07, 6.45) is 1.97. The largest absolute Gasteiger partial charge is 0.243 e. The molecule has 130 valence electrons. The Morgan fingerprint density at radius 1 is 1.26 bits per heavy atom. The fraction of sp³-hybridized carbons (Fsp3) is 0.625. The normalized spacial score (nSPS) is 21.0. The molecule has 23 heavy (non-hydrogen) atoms. The summed E-state index contributed by atoms with van der Waals surface area (Å²) in [5.74, 6) is 0.00352. The van der Waals surface area contributed by atoms with Crippen LogP contribution in [0.25, 0.3) is 0 Å². The highest BCUT2D eigenvalue weighted by atomic mass is 32.2. The minimum atomic E-state index is -3.69. The van der Waals surface area contributed by atoms with Crippen LogP contribution in [0.1, 0.15) is 37.3 Å². The Kier molecular flexibility index (Phi) is 5.53. The molecule has 7 heteroatoms. The molecule has 0 saturated carbocycles. The summed E-state index contributed by atoms with van der Waals surface area (Å²) in [6, 6.07) is 4.80. The molecule has 0 unspecified atom stereocenters. The number of nitrogens with zero attached hydrogens (tertiary/aromatic N) is 1. The Balaban J connectivity index is 2.41. The number of hydrogen-bond acceptors (Lipinski definition) is 4. The lowest BCUT2D eigenvalue weighted by molar-refractivity contribution is 0.335. The molecule has 1 heterocycles. The SMILES string of the molecule is CCCCN([C@H]1CCS(=O)(=O)C1)S(=O)(=O)c1ccc(C)cc1C. The molecule has 0 amide bonds. The number of sulfone groups is 1. The van der Waals surface area contributed by atoms with Crippen LogP contribution >= 0.6 is 0 Å². The minimum Gasteiger partial charge on any atom is -0.229 e. The molecule has 1 aromatic rings. The standard InChI is InChI=1S/C16H25NO4S2/c1-4-5-9-17(15-8-10-22(18,19)12-15)23(20,21)16-7-6-13(2)11-14(16)3/h6-7,11,15H,4-5,8-10,12H2,1-3H3/t15-/m0/s1. The molecule has 0 N–H and O–H groups in total. The van der Waals surface area contributed by atoms with Gasteiger partial charge in [-0.3, -0.25) is 0 Å². The van der Waals surface area contributed by atoms with Crippen molar-refractivity contribution in [2.45, 2.75) is 51.0 Å². The van der Waals surface area contributed by atoms with Crippen molar-refractivity contribution >= 4 is 19.9 Å². The van der Waals surface area contributed by atoms with Crippen molar-refractivity contribution in [1.82, 2.24) is 4.31 Å². The molecule has 1 aliphatic rings. The van der Waals surface area contributed by atoms with Gasteiger partial charge >= 0.3 is 0 Å². The number of unbranched alkanes of at least 4 members (excludes halogenated alkanes) is 1. The maximum absolute atomic E-state index is 13.1. The first-order valence-electron chi connectivity index (χ1n) is 7.97. The topological polar surface area (TPSA) is 71.5 Å². The van der Waals surface area contributed by atoms with E-state index in [1.54, 1.807) is 19.1 Å². The van der Waals surface area contributed by atoms with Gasteiger partial charge in [-0.1, -0.05) is 31.0 Å². The molecule has 0 radical (unpaired) electrons. The molecule has 0 bridgehead atoms. The van der Waals surface area contributed by atoms with Gasteiger partial charge in [-0.15, -0.1) is 0 Å². The van der Waals surface area contributed by atoms with Crippen LogP contribution in [0, 0.1) is 13.8 Å². The summed E-state index contributed by atoms with van der Waals surface area (Å²) in [5.41, 5.74) is 1.71. The van der Waals surface area contributed by atoms with Crippen molar-refractivity contribution in [2.24, 2.45) is 0 Å². The maximum atomic E-state index is 13.1.